The molecule has 0 unspecified atom stereocenters. The number of carbonyl (C=O) groups excluding carboxylic acids is 3. The highest BCUT2D eigenvalue weighted by atomic mass is 16.6. The van der Waals surface area contributed by atoms with Gasteiger partial charge in [0.1, 0.15) is 5.60 Å². The normalized spacial score (nSPS) is 14.4. The highest BCUT2D eigenvalue weighted by Gasteiger charge is 2.51. The van der Waals surface area contributed by atoms with Gasteiger partial charge in [-0.05, 0) is 71.6 Å². The van der Waals surface area contributed by atoms with E-state index >= 15 is 0 Å². The number of amides is 2. The Bertz CT molecular complexity index is 837. The van der Waals surface area contributed by atoms with Crippen molar-refractivity contribution in [2.75, 3.05) is 13.2 Å². The van der Waals surface area contributed by atoms with Crippen LogP contribution in [0, 0.1) is 11.8 Å². The van der Waals surface area contributed by atoms with Crippen LogP contribution in [0.15, 0.2) is 24.3 Å². The molecule has 0 radical (unpaired) electrons. The van der Waals surface area contributed by atoms with Crippen molar-refractivity contribution in [1.29, 1.82) is 0 Å². The lowest BCUT2D eigenvalue weighted by Gasteiger charge is -2.48. The Labute approximate surface area is 177 Å². The van der Waals surface area contributed by atoms with Crippen LogP contribution >= 0.6 is 0 Å². The molecule has 0 saturated heterocycles. The molecule has 1 saturated carbocycles. The summed E-state index contributed by atoms with van der Waals surface area (Å²) < 4.78 is 15.5. The molecule has 0 spiro atoms. The van der Waals surface area contributed by atoms with Gasteiger partial charge in [-0.15, -0.1) is 0 Å². The van der Waals surface area contributed by atoms with Gasteiger partial charge in [0.25, 0.3) is 0 Å². The maximum Gasteiger partial charge on any atom is 0.420 e. The molecule has 0 aromatic heterocycles. The van der Waals surface area contributed by atoms with Crippen LogP contribution < -0.4 is 0 Å². The smallest absolute Gasteiger partial charge is 0.420 e. The first-order valence-electron chi connectivity index (χ1n) is 10.1. The topological polar surface area (TPSA) is 82.1 Å². The Morgan fingerprint density at radius 3 is 2.07 bits per heavy atom. The minimum atomic E-state index is -0.832. The van der Waals surface area contributed by atoms with Crippen molar-refractivity contribution >= 4 is 18.2 Å². The number of benzene rings is 1. The van der Waals surface area contributed by atoms with Crippen LogP contribution in [0.5, 0.6) is 0 Å². The molecule has 0 heterocycles. The second-order valence-electron chi connectivity index (χ2n) is 7.95. The predicted molar refractivity (Wildman–Crippen MR) is 111 cm³/mol. The summed E-state index contributed by atoms with van der Waals surface area (Å²) in [5, 5.41) is 0. The van der Waals surface area contributed by atoms with E-state index < -0.39 is 29.3 Å². The van der Waals surface area contributed by atoms with Gasteiger partial charge >= 0.3 is 18.2 Å². The molecular weight excluding hydrogens is 386 g/mol. The van der Waals surface area contributed by atoms with E-state index in [-0.39, 0.29) is 13.2 Å². The molecule has 0 N–H and O–H groups in total. The summed E-state index contributed by atoms with van der Waals surface area (Å²) in [6.45, 7) is 9.07. The largest absolute Gasteiger partial charge is 0.456 e. The minimum Gasteiger partial charge on any atom is -0.456 e. The van der Waals surface area contributed by atoms with E-state index in [0.29, 0.717) is 18.4 Å². The second kappa shape index (κ2) is 9.66. The van der Waals surface area contributed by atoms with Crippen LogP contribution in [0.1, 0.15) is 65.0 Å². The Kier molecular flexibility index (Phi) is 7.49. The predicted octanol–water partition coefficient (Wildman–Crippen LogP) is 4.37. The fourth-order valence-electron chi connectivity index (χ4n) is 3.23. The SMILES string of the molecule is CCOC(=O)C#Cc1ccc(C2(N(C(=O)OCC)C(=O)OC(C)(C)C)CCC2)cc1. The van der Waals surface area contributed by atoms with Crippen LogP contribution in [-0.4, -0.2) is 41.9 Å². The zero-order chi connectivity index (χ0) is 22.4. The molecule has 2 amide bonds. The molecule has 0 bridgehead atoms. The average Bonchev–Trinajstić information content (AvgIpc) is 2.62. The number of nitrogens with zero attached hydrogens (tertiary/aromatic N) is 1. The number of rotatable bonds is 4. The molecular formula is C23H29NO6. The van der Waals surface area contributed by atoms with Gasteiger partial charge in [0, 0.05) is 11.5 Å². The van der Waals surface area contributed by atoms with Crippen molar-refractivity contribution in [1.82, 2.24) is 4.90 Å². The summed E-state index contributed by atoms with van der Waals surface area (Å²) in [5.74, 6) is 4.58. The van der Waals surface area contributed by atoms with Gasteiger partial charge in [0.15, 0.2) is 0 Å². The van der Waals surface area contributed by atoms with Gasteiger partial charge in [-0.1, -0.05) is 18.1 Å². The summed E-state index contributed by atoms with van der Waals surface area (Å²) in [7, 11) is 0. The zero-order valence-corrected chi connectivity index (χ0v) is 18.2. The van der Waals surface area contributed by atoms with Gasteiger partial charge < -0.3 is 14.2 Å². The number of ether oxygens (including phenoxy) is 3. The van der Waals surface area contributed by atoms with Crippen molar-refractivity contribution in [3.05, 3.63) is 35.4 Å². The van der Waals surface area contributed by atoms with Gasteiger partial charge in [-0.25, -0.2) is 19.3 Å². The van der Waals surface area contributed by atoms with E-state index in [9.17, 15) is 14.4 Å². The summed E-state index contributed by atoms with van der Waals surface area (Å²) in [5.41, 5.74) is -0.170. The fraction of sp³-hybridized carbons (Fsp3) is 0.522. The summed E-state index contributed by atoms with van der Waals surface area (Å²) >= 11 is 0. The molecule has 1 aliphatic carbocycles. The number of esters is 1. The standard InChI is InChI=1S/C23H29NO6/c1-6-28-19(25)14-11-17-9-12-18(13-10-17)23(15-8-16-23)24(20(26)29-7-2)21(27)30-22(3,4)5/h9-10,12-13H,6-8,15-16H2,1-5H3. The fourth-order valence-corrected chi connectivity index (χ4v) is 3.23. The molecule has 7 nitrogen and oxygen atoms in total. The summed E-state index contributed by atoms with van der Waals surface area (Å²) in [6, 6.07) is 7.12. The van der Waals surface area contributed by atoms with E-state index in [4.69, 9.17) is 14.2 Å². The molecule has 0 atom stereocenters. The Morgan fingerprint density at radius 1 is 1.00 bits per heavy atom. The molecule has 1 aliphatic rings. The van der Waals surface area contributed by atoms with Gasteiger partial charge in [-0.3, -0.25) is 0 Å². The van der Waals surface area contributed by atoms with E-state index in [2.05, 4.69) is 11.8 Å². The second-order valence-corrected chi connectivity index (χ2v) is 7.95. The third kappa shape index (κ3) is 5.53. The first-order chi connectivity index (χ1) is 14.1. The third-order valence-electron chi connectivity index (χ3n) is 4.64. The molecule has 1 aromatic rings. The van der Waals surface area contributed by atoms with E-state index in [1.807, 2.05) is 12.1 Å². The lowest BCUT2D eigenvalue weighted by Crippen LogP contribution is -2.57. The first-order valence-corrected chi connectivity index (χ1v) is 10.1. The zero-order valence-electron chi connectivity index (χ0n) is 18.2. The maximum absolute atomic E-state index is 12.9. The number of hydrogen-bond donors (Lipinski definition) is 0. The van der Waals surface area contributed by atoms with Crippen LogP contribution in [0.25, 0.3) is 0 Å². The molecule has 162 valence electrons. The molecule has 30 heavy (non-hydrogen) atoms. The summed E-state index contributed by atoms with van der Waals surface area (Å²) in [4.78, 5) is 38.2. The lowest BCUT2D eigenvalue weighted by atomic mass is 9.70. The van der Waals surface area contributed by atoms with Crippen molar-refractivity contribution in [2.45, 2.75) is 65.0 Å². The van der Waals surface area contributed by atoms with Gasteiger partial charge in [-0.2, -0.15) is 0 Å². The lowest BCUT2D eigenvalue weighted by molar-refractivity contribution is -0.136. The molecule has 1 fully saturated rings. The van der Waals surface area contributed by atoms with Crippen LogP contribution in [0.2, 0.25) is 0 Å². The van der Waals surface area contributed by atoms with Gasteiger partial charge in [0.2, 0.25) is 0 Å². The van der Waals surface area contributed by atoms with Crippen molar-refractivity contribution in [3.63, 3.8) is 0 Å². The van der Waals surface area contributed by atoms with Crippen LogP contribution in [0.4, 0.5) is 9.59 Å². The molecule has 2 rings (SSSR count). The highest BCUT2D eigenvalue weighted by Crippen LogP contribution is 2.47. The van der Waals surface area contributed by atoms with E-state index in [1.165, 1.54) is 0 Å². The Morgan fingerprint density at radius 2 is 1.60 bits per heavy atom. The highest BCUT2D eigenvalue weighted by molar-refractivity contribution is 5.90. The van der Waals surface area contributed by atoms with Crippen LogP contribution in [0.3, 0.4) is 0 Å². The number of hydrogen-bond acceptors (Lipinski definition) is 6. The third-order valence-corrected chi connectivity index (χ3v) is 4.64. The van der Waals surface area contributed by atoms with E-state index in [0.717, 1.165) is 16.9 Å². The van der Waals surface area contributed by atoms with Crippen molar-refractivity contribution in [3.8, 4) is 11.8 Å². The number of imide groups is 1. The van der Waals surface area contributed by atoms with Crippen molar-refractivity contribution < 1.29 is 28.6 Å². The Hall–Kier alpha value is -3.01. The monoisotopic (exact) mass is 415 g/mol. The number of carbonyl (C=O) groups is 3. The van der Waals surface area contributed by atoms with Gasteiger partial charge in [0.05, 0.1) is 18.8 Å². The van der Waals surface area contributed by atoms with E-state index in [1.54, 1.807) is 46.8 Å². The van der Waals surface area contributed by atoms with Crippen LogP contribution in [-0.2, 0) is 24.5 Å². The molecule has 0 aliphatic heterocycles. The Balaban J connectivity index is 2.35. The first kappa shape index (κ1) is 23.3. The summed E-state index contributed by atoms with van der Waals surface area (Å²) in [6.07, 6.45) is 0.630. The quantitative estimate of drug-likeness (QED) is 0.412. The molecule has 7 heteroatoms. The maximum atomic E-state index is 12.9. The molecule has 1 aromatic carbocycles. The average molecular weight is 415 g/mol. The minimum absolute atomic E-state index is 0.149. The van der Waals surface area contributed by atoms with Crippen molar-refractivity contribution in [2.24, 2.45) is 0 Å².